The number of amides is 1. The van der Waals surface area contributed by atoms with Gasteiger partial charge < -0.3 is 15.0 Å². The van der Waals surface area contributed by atoms with Crippen LogP contribution in [0.25, 0.3) is 11.3 Å². The van der Waals surface area contributed by atoms with Gasteiger partial charge in [0, 0.05) is 29.9 Å². The van der Waals surface area contributed by atoms with Crippen LogP contribution >= 0.6 is 0 Å². The number of benzene rings is 2. The number of carbonyl (C=O) groups excluding carboxylic acids is 1. The minimum absolute atomic E-state index is 0.256. The van der Waals surface area contributed by atoms with Gasteiger partial charge in [-0.05, 0) is 17.7 Å². The van der Waals surface area contributed by atoms with Crippen LogP contribution in [-0.4, -0.2) is 56.6 Å². The van der Waals surface area contributed by atoms with Crippen molar-refractivity contribution in [1.82, 2.24) is 10.2 Å². The third-order valence-corrected chi connectivity index (χ3v) is 7.52. The highest BCUT2D eigenvalue weighted by molar-refractivity contribution is 7.92. The van der Waals surface area contributed by atoms with E-state index in [1.165, 1.54) is 0 Å². The fourth-order valence-electron chi connectivity index (χ4n) is 4.22. The van der Waals surface area contributed by atoms with Crippen molar-refractivity contribution < 1.29 is 17.9 Å². The van der Waals surface area contributed by atoms with Crippen molar-refractivity contribution in [2.75, 3.05) is 42.3 Å². The van der Waals surface area contributed by atoms with E-state index in [0.717, 1.165) is 24.3 Å². The Kier molecular flexibility index (Phi) is 4.99. The quantitative estimate of drug-likeness (QED) is 0.651. The molecule has 2 aliphatic rings. The van der Waals surface area contributed by atoms with Gasteiger partial charge in [-0.3, -0.25) is 9.89 Å². The Balaban J connectivity index is 1.66. The Hall–Kier alpha value is -3.17. The van der Waals surface area contributed by atoms with Crippen LogP contribution in [0.15, 0.2) is 54.6 Å². The average Bonchev–Trinajstić information content (AvgIpc) is 3.13. The zero-order valence-corrected chi connectivity index (χ0v) is 17.6. The monoisotopic (exact) mass is 438 g/mol. The van der Waals surface area contributed by atoms with Crippen LogP contribution in [0.1, 0.15) is 16.4 Å². The summed E-state index contributed by atoms with van der Waals surface area (Å²) in [6.45, 7) is 2.93. The predicted octanol–water partition coefficient (Wildman–Crippen LogP) is 2.37. The molecule has 0 spiro atoms. The lowest BCUT2D eigenvalue weighted by atomic mass is 9.99. The largest absolute Gasteiger partial charge is 0.378 e. The van der Waals surface area contributed by atoms with Gasteiger partial charge in [0.2, 0.25) is 5.91 Å². The maximum atomic E-state index is 13.2. The molecule has 160 valence electrons. The molecule has 1 atom stereocenters. The second kappa shape index (κ2) is 7.82. The number of anilines is 2. The van der Waals surface area contributed by atoms with E-state index in [1.54, 1.807) is 24.3 Å². The molecule has 3 aromatic rings. The fourth-order valence-corrected chi connectivity index (χ4v) is 5.98. The van der Waals surface area contributed by atoms with Crippen molar-refractivity contribution in [1.29, 1.82) is 0 Å². The van der Waals surface area contributed by atoms with Crippen molar-refractivity contribution in [3.8, 4) is 11.3 Å². The third kappa shape index (κ3) is 3.70. The van der Waals surface area contributed by atoms with Crippen LogP contribution in [0.3, 0.4) is 0 Å². The molecule has 1 unspecified atom stereocenters. The number of sulfone groups is 1. The number of rotatable bonds is 3. The Morgan fingerprint density at radius 3 is 2.58 bits per heavy atom. The van der Waals surface area contributed by atoms with E-state index in [0.29, 0.717) is 30.0 Å². The number of nitrogens with zero attached hydrogens (tertiary/aromatic N) is 2. The number of nitrogens with one attached hydrogen (secondary N) is 2. The molecule has 0 aliphatic carbocycles. The Bertz CT molecular complexity index is 1220. The standard InChI is InChI=1S/C22H22N4O4S/c27-18-14-31(28,29)21(15-5-2-1-3-6-15)19-20(24-25-22(19)23-18)16-7-4-8-17(13-16)26-9-11-30-12-10-26/h1-8,13,21H,9-12,14H2,(H2,23,24,25,27). The number of ether oxygens (including phenoxy) is 1. The summed E-state index contributed by atoms with van der Waals surface area (Å²) in [4.78, 5) is 14.5. The molecule has 8 nitrogen and oxygen atoms in total. The molecule has 5 rings (SSSR count). The molecule has 9 heteroatoms. The van der Waals surface area contributed by atoms with Crippen LogP contribution in [0.5, 0.6) is 0 Å². The summed E-state index contributed by atoms with van der Waals surface area (Å²) >= 11 is 0. The van der Waals surface area contributed by atoms with Gasteiger partial charge >= 0.3 is 0 Å². The first kappa shape index (κ1) is 19.8. The van der Waals surface area contributed by atoms with E-state index in [1.807, 2.05) is 30.3 Å². The Morgan fingerprint density at radius 2 is 1.81 bits per heavy atom. The first-order valence-electron chi connectivity index (χ1n) is 10.1. The van der Waals surface area contributed by atoms with Gasteiger partial charge in [0.25, 0.3) is 0 Å². The highest BCUT2D eigenvalue weighted by atomic mass is 32.2. The van der Waals surface area contributed by atoms with Gasteiger partial charge in [-0.15, -0.1) is 0 Å². The van der Waals surface area contributed by atoms with E-state index in [4.69, 9.17) is 4.74 Å². The van der Waals surface area contributed by atoms with Crippen LogP contribution in [0.2, 0.25) is 0 Å². The molecule has 2 aliphatic heterocycles. The molecule has 2 aromatic carbocycles. The van der Waals surface area contributed by atoms with E-state index >= 15 is 0 Å². The molecular formula is C22H22N4O4S. The van der Waals surface area contributed by atoms with Crippen LogP contribution in [0, 0.1) is 0 Å². The number of aromatic nitrogens is 2. The third-order valence-electron chi connectivity index (χ3n) is 5.63. The van der Waals surface area contributed by atoms with Crippen molar-refractivity contribution in [3.05, 3.63) is 65.7 Å². The molecule has 0 radical (unpaired) electrons. The molecule has 0 saturated carbocycles. The summed E-state index contributed by atoms with van der Waals surface area (Å²) in [6, 6.07) is 16.9. The summed E-state index contributed by atoms with van der Waals surface area (Å²) in [6.07, 6.45) is 0. The summed E-state index contributed by atoms with van der Waals surface area (Å²) < 4.78 is 31.9. The van der Waals surface area contributed by atoms with E-state index < -0.39 is 26.7 Å². The van der Waals surface area contributed by atoms with Crippen molar-refractivity contribution >= 4 is 27.2 Å². The van der Waals surface area contributed by atoms with Crippen molar-refractivity contribution in [2.45, 2.75) is 5.25 Å². The fraction of sp³-hybridized carbons (Fsp3) is 0.273. The van der Waals surface area contributed by atoms with E-state index in [2.05, 4.69) is 20.4 Å². The lowest BCUT2D eigenvalue weighted by Crippen LogP contribution is -2.36. The van der Waals surface area contributed by atoms with E-state index in [-0.39, 0.29) is 5.82 Å². The molecule has 2 N–H and O–H groups in total. The molecule has 1 amide bonds. The Morgan fingerprint density at radius 1 is 1.03 bits per heavy atom. The second-order valence-electron chi connectivity index (χ2n) is 7.66. The zero-order chi connectivity index (χ0) is 21.4. The molecular weight excluding hydrogens is 416 g/mol. The highest BCUT2D eigenvalue weighted by Crippen LogP contribution is 2.42. The number of hydrogen-bond acceptors (Lipinski definition) is 6. The predicted molar refractivity (Wildman–Crippen MR) is 118 cm³/mol. The first-order chi connectivity index (χ1) is 15.0. The van der Waals surface area contributed by atoms with Crippen LogP contribution < -0.4 is 10.2 Å². The maximum Gasteiger partial charge on any atom is 0.240 e. The molecule has 31 heavy (non-hydrogen) atoms. The molecule has 3 heterocycles. The topological polar surface area (TPSA) is 104 Å². The number of H-pyrrole nitrogens is 1. The molecule has 1 saturated heterocycles. The summed E-state index contributed by atoms with van der Waals surface area (Å²) in [5, 5.41) is 8.91. The number of carbonyl (C=O) groups is 1. The smallest absolute Gasteiger partial charge is 0.240 e. The highest BCUT2D eigenvalue weighted by Gasteiger charge is 2.39. The van der Waals surface area contributed by atoms with Crippen LogP contribution in [-0.2, 0) is 19.4 Å². The van der Waals surface area contributed by atoms with Crippen molar-refractivity contribution in [3.63, 3.8) is 0 Å². The minimum atomic E-state index is -3.81. The lowest BCUT2D eigenvalue weighted by Gasteiger charge is -2.29. The SMILES string of the molecule is O=C1CS(=O)(=O)C(c2ccccc2)c2c(n[nH]c2-c2cccc(N3CCOCC3)c2)N1. The lowest BCUT2D eigenvalue weighted by molar-refractivity contribution is -0.113. The van der Waals surface area contributed by atoms with Gasteiger partial charge in [-0.2, -0.15) is 5.10 Å². The van der Waals surface area contributed by atoms with E-state index in [9.17, 15) is 13.2 Å². The maximum absolute atomic E-state index is 13.2. The van der Waals surface area contributed by atoms with Gasteiger partial charge in [0.1, 0.15) is 11.0 Å². The van der Waals surface area contributed by atoms with Crippen molar-refractivity contribution in [2.24, 2.45) is 0 Å². The Labute approximate surface area is 180 Å². The van der Waals surface area contributed by atoms with Crippen LogP contribution in [0.4, 0.5) is 11.5 Å². The summed E-state index contributed by atoms with van der Waals surface area (Å²) in [5.41, 5.74) is 3.50. The number of aromatic amines is 1. The second-order valence-corrected chi connectivity index (χ2v) is 9.74. The summed E-state index contributed by atoms with van der Waals surface area (Å²) in [5.74, 6) is -0.914. The number of hydrogen-bond donors (Lipinski definition) is 2. The number of fused-ring (bicyclic) bond motifs is 1. The average molecular weight is 439 g/mol. The molecule has 0 bridgehead atoms. The normalized spacial score (nSPS) is 20.6. The number of morpholine rings is 1. The zero-order valence-electron chi connectivity index (χ0n) is 16.7. The van der Waals surface area contributed by atoms with Gasteiger partial charge in [0.05, 0.1) is 18.9 Å². The van der Waals surface area contributed by atoms with Gasteiger partial charge in [0.15, 0.2) is 15.7 Å². The summed E-state index contributed by atoms with van der Waals surface area (Å²) in [7, 11) is -3.81. The first-order valence-corrected chi connectivity index (χ1v) is 11.8. The van der Waals surface area contributed by atoms with Gasteiger partial charge in [-0.25, -0.2) is 8.42 Å². The minimum Gasteiger partial charge on any atom is -0.378 e. The van der Waals surface area contributed by atoms with Gasteiger partial charge in [-0.1, -0.05) is 42.5 Å². The molecule has 1 aromatic heterocycles. The molecule has 1 fully saturated rings.